The lowest BCUT2D eigenvalue weighted by atomic mass is 9.68. The van der Waals surface area contributed by atoms with Gasteiger partial charge in [0.25, 0.3) is 0 Å². The molecule has 6 nitrogen and oxygen atoms in total. The monoisotopic (exact) mass is 471 g/mol. The Kier molecular flexibility index (Phi) is 6.43. The molecule has 180 valence electrons. The number of rotatable bonds is 6. The van der Waals surface area contributed by atoms with Crippen molar-refractivity contribution in [2.24, 2.45) is 16.3 Å². The van der Waals surface area contributed by atoms with E-state index in [1.165, 1.54) is 6.07 Å². The highest BCUT2D eigenvalue weighted by atomic mass is 19.1. The summed E-state index contributed by atoms with van der Waals surface area (Å²) in [5.41, 5.74) is 1.49. The first-order valence-corrected chi connectivity index (χ1v) is 11.2. The van der Waals surface area contributed by atoms with Gasteiger partial charge in [-0.2, -0.15) is 0 Å². The Labute approximate surface area is 196 Å². The Balaban J connectivity index is 1.67. The summed E-state index contributed by atoms with van der Waals surface area (Å²) in [6, 6.07) is 6.38. The van der Waals surface area contributed by atoms with Crippen molar-refractivity contribution >= 4 is 17.5 Å². The van der Waals surface area contributed by atoms with Gasteiger partial charge in [-0.25, -0.2) is 8.78 Å². The fourth-order valence-corrected chi connectivity index (χ4v) is 4.67. The molecule has 1 aromatic carbocycles. The number of ketones is 1. The smallest absolute Gasteiger partial charge is 0.315 e. The molecular formula is C26H27F2NO5. The van der Waals surface area contributed by atoms with Gasteiger partial charge >= 0.3 is 5.97 Å². The molecule has 1 aliphatic carbocycles. The van der Waals surface area contributed by atoms with Gasteiger partial charge in [-0.15, -0.1) is 0 Å². The Morgan fingerprint density at radius 1 is 1.21 bits per heavy atom. The minimum Gasteiger partial charge on any atom is -0.483 e. The summed E-state index contributed by atoms with van der Waals surface area (Å²) in [6.45, 7) is 7.60. The highest BCUT2D eigenvalue weighted by molar-refractivity contribution is 6.08. The zero-order chi connectivity index (χ0) is 24.6. The number of carbonyl (C=O) groups excluding carboxylic acids is 2. The summed E-state index contributed by atoms with van der Waals surface area (Å²) < 4.78 is 43.8. The predicted octanol–water partition coefficient (Wildman–Crippen LogP) is 5.52. The van der Waals surface area contributed by atoms with E-state index in [-0.39, 0.29) is 30.2 Å². The summed E-state index contributed by atoms with van der Waals surface area (Å²) in [5, 5.41) is 0. The van der Waals surface area contributed by atoms with E-state index < -0.39 is 29.4 Å². The van der Waals surface area contributed by atoms with Gasteiger partial charge in [0, 0.05) is 29.5 Å². The fraction of sp³-hybridized carbons (Fsp3) is 0.423. The number of furan rings is 1. The summed E-state index contributed by atoms with van der Waals surface area (Å²) in [5.74, 6) is -2.86. The molecule has 8 heteroatoms. The fourth-order valence-electron chi connectivity index (χ4n) is 4.67. The normalized spacial score (nSPS) is 21.7. The number of hydrogen-bond donors (Lipinski definition) is 0. The summed E-state index contributed by atoms with van der Waals surface area (Å²) in [6.07, 6.45) is 0.949. The molecule has 0 N–H and O–H groups in total. The van der Waals surface area contributed by atoms with Crippen LogP contribution in [0.1, 0.15) is 58.0 Å². The topological polar surface area (TPSA) is 78.1 Å². The van der Waals surface area contributed by atoms with Gasteiger partial charge in [-0.1, -0.05) is 13.8 Å². The van der Waals surface area contributed by atoms with Crippen molar-refractivity contribution in [1.82, 2.24) is 0 Å². The molecular weight excluding hydrogens is 444 g/mol. The highest BCUT2D eigenvalue weighted by Crippen LogP contribution is 2.48. The zero-order valence-corrected chi connectivity index (χ0v) is 19.6. The second kappa shape index (κ2) is 9.16. The number of carbonyl (C=O) groups is 2. The molecule has 0 fully saturated rings. The molecule has 34 heavy (non-hydrogen) atoms. The molecule has 0 amide bonds. The molecule has 1 unspecified atom stereocenters. The first kappa shape index (κ1) is 23.9. The largest absolute Gasteiger partial charge is 0.483 e. The maximum atomic E-state index is 13.9. The van der Waals surface area contributed by atoms with Crippen LogP contribution in [0, 0.1) is 23.0 Å². The Hall–Kier alpha value is -3.29. The summed E-state index contributed by atoms with van der Waals surface area (Å²) in [4.78, 5) is 30.8. The molecule has 0 radical (unpaired) electrons. The van der Waals surface area contributed by atoms with Crippen LogP contribution in [0.25, 0.3) is 0 Å². The highest BCUT2D eigenvalue weighted by Gasteiger charge is 2.47. The molecule has 0 bridgehead atoms. The lowest BCUT2D eigenvalue weighted by Gasteiger charge is -2.38. The van der Waals surface area contributed by atoms with Crippen molar-refractivity contribution in [1.29, 1.82) is 0 Å². The number of allylic oxidation sites excluding steroid dienone is 2. The first-order chi connectivity index (χ1) is 16.1. The lowest BCUT2D eigenvalue weighted by Crippen LogP contribution is -2.39. The number of hydrogen-bond acceptors (Lipinski definition) is 6. The minimum atomic E-state index is -0.821. The van der Waals surface area contributed by atoms with E-state index in [2.05, 4.69) is 4.99 Å². The van der Waals surface area contributed by atoms with Crippen molar-refractivity contribution in [2.45, 2.75) is 53.1 Å². The first-order valence-electron chi connectivity index (χ1n) is 11.2. The zero-order valence-electron chi connectivity index (χ0n) is 19.6. The van der Waals surface area contributed by atoms with E-state index in [9.17, 15) is 18.4 Å². The third-order valence-electron chi connectivity index (χ3n) is 6.10. The van der Waals surface area contributed by atoms with E-state index in [1.807, 2.05) is 13.8 Å². The molecule has 2 heterocycles. The second-order valence-corrected chi connectivity index (χ2v) is 9.43. The van der Waals surface area contributed by atoms with Crippen molar-refractivity contribution in [3.8, 4) is 5.75 Å². The number of ether oxygens (including phenoxy) is 2. The van der Waals surface area contributed by atoms with Crippen LogP contribution in [0.2, 0.25) is 0 Å². The Bertz CT molecular complexity index is 1190. The lowest BCUT2D eigenvalue weighted by molar-refractivity contribution is -0.146. The van der Waals surface area contributed by atoms with E-state index in [4.69, 9.17) is 13.9 Å². The average molecular weight is 472 g/mol. The molecule has 0 saturated carbocycles. The van der Waals surface area contributed by atoms with Gasteiger partial charge in [0.2, 0.25) is 0 Å². The molecule has 0 spiro atoms. The standard InChI is InChI=1S/C26H27F2NO5/c1-5-32-25(31)22-14(2)29-18-11-26(3,4)12-19(30)23(18)24(22)21-9-7-16(34-21)13-33-20-8-6-15(27)10-17(20)28/h6-10,22,24H,5,11-13H2,1-4H3/t22?,24-/m0/s1. The average Bonchev–Trinajstić information content (AvgIpc) is 3.20. The molecule has 1 aromatic heterocycles. The van der Waals surface area contributed by atoms with E-state index in [0.29, 0.717) is 41.3 Å². The SMILES string of the molecule is CCOC(=O)C1C(C)=NC2=C(C(=O)CC(C)(C)C2)[C@H]1c1ccc(COc2ccc(F)cc2F)o1. The van der Waals surface area contributed by atoms with Crippen molar-refractivity contribution < 1.29 is 32.3 Å². The number of nitrogens with zero attached hydrogens (tertiary/aromatic N) is 1. The Morgan fingerprint density at radius 2 is 1.97 bits per heavy atom. The molecule has 2 aromatic rings. The predicted molar refractivity (Wildman–Crippen MR) is 120 cm³/mol. The van der Waals surface area contributed by atoms with Crippen LogP contribution in [0.5, 0.6) is 5.75 Å². The van der Waals surface area contributed by atoms with Gasteiger partial charge in [-0.05, 0) is 49.9 Å². The molecule has 0 saturated heterocycles. The maximum absolute atomic E-state index is 13.9. The van der Waals surface area contributed by atoms with Gasteiger partial charge in [-0.3, -0.25) is 14.6 Å². The van der Waals surface area contributed by atoms with Crippen LogP contribution >= 0.6 is 0 Å². The van der Waals surface area contributed by atoms with Crippen molar-refractivity contribution in [2.75, 3.05) is 6.61 Å². The third kappa shape index (κ3) is 4.67. The van der Waals surface area contributed by atoms with Crippen molar-refractivity contribution in [3.63, 3.8) is 0 Å². The van der Waals surface area contributed by atoms with Crippen LogP contribution in [-0.4, -0.2) is 24.1 Å². The van der Waals surface area contributed by atoms with Gasteiger partial charge < -0.3 is 13.9 Å². The minimum absolute atomic E-state index is 0.0654. The van der Waals surface area contributed by atoms with Gasteiger partial charge in [0.1, 0.15) is 29.9 Å². The van der Waals surface area contributed by atoms with Crippen LogP contribution in [-0.2, 0) is 20.9 Å². The third-order valence-corrected chi connectivity index (χ3v) is 6.10. The number of esters is 1. The van der Waals surface area contributed by atoms with E-state index >= 15 is 0 Å². The molecule has 4 rings (SSSR count). The Morgan fingerprint density at radius 3 is 2.68 bits per heavy atom. The molecule has 1 aliphatic heterocycles. The summed E-state index contributed by atoms with van der Waals surface area (Å²) >= 11 is 0. The number of Topliss-reactive ketones (excluding diaryl/α,β-unsaturated/α-hetero) is 1. The van der Waals surface area contributed by atoms with E-state index in [0.717, 1.165) is 12.1 Å². The van der Waals surface area contributed by atoms with Crippen molar-refractivity contribution in [3.05, 3.63) is 64.8 Å². The van der Waals surface area contributed by atoms with Crippen LogP contribution in [0.3, 0.4) is 0 Å². The number of benzene rings is 1. The second-order valence-electron chi connectivity index (χ2n) is 9.43. The van der Waals surface area contributed by atoms with Gasteiger partial charge in [0.15, 0.2) is 17.3 Å². The van der Waals surface area contributed by atoms with Crippen LogP contribution in [0.4, 0.5) is 8.78 Å². The molecule has 2 atom stereocenters. The molecule has 2 aliphatic rings. The quantitative estimate of drug-likeness (QED) is 0.519. The van der Waals surface area contributed by atoms with Gasteiger partial charge in [0.05, 0.1) is 12.5 Å². The maximum Gasteiger partial charge on any atom is 0.315 e. The van der Waals surface area contributed by atoms with Crippen LogP contribution < -0.4 is 4.74 Å². The van der Waals surface area contributed by atoms with Crippen LogP contribution in [0.15, 0.2) is 51.0 Å². The number of halogens is 2. The summed E-state index contributed by atoms with van der Waals surface area (Å²) in [7, 11) is 0. The van der Waals surface area contributed by atoms with E-state index in [1.54, 1.807) is 26.0 Å². The number of aliphatic imine (C=N–C) groups is 1.